The Hall–Kier alpha value is -2.00. The summed E-state index contributed by atoms with van der Waals surface area (Å²) in [6, 6.07) is 15.9. The van der Waals surface area contributed by atoms with E-state index in [4.69, 9.17) is 16.4 Å². The number of rotatable bonds is 3. The minimum Gasteiger partial charge on any atom is -0.330 e. The molecule has 0 bridgehead atoms. The van der Waals surface area contributed by atoms with Gasteiger partial charge in [0.15, 0.2) is 5.75 Å². The summed E-state index contributed by atoms with van der Waals surface area (Å²) in [5, 5.41) is 2.49. The van der Waals surface area contributed by atoms with E-state index >= 15 is 0 Å². The number of hydrazone groups is 1. The number of nitrogens with zero attached hydrogens (tertiary/aromatic N) is 2. The summed E-state index contributed by atoms with van der Waals surface area (Å²) in [5.74, 6) is 1.18. The molecule has 0 spiro atoms. The first-order valence-corrected chi connectivity index (χ1v) is 7.46. The molecule has 0 aliphatic carbocycles. The number of benzene rings is 2. The second-order valence-electron chi connectivity index (χ2n) is 5.49. The molecule has 0 saturated heterocycles. The van der Waals surface area contributed by atoms with Crippen molar-refractivity contribution in [3.8, 4) is 5.75 Å². The topological polar surface area (TPSA) is 15.5 Å². The van der Waals surface area contributed by atoms with Crippen LogP contribution in [0.4, 0.5) is 5.69 Å². The molecular weight excluding hydrogens is 284 g/mol. The zero-order valence-corrected chi connectivity index (χ0v) is 12.9. The standard InChI is InChI=1S/C17H18ClN2O/c1-13(2)11-20-19(15-8-4-3-5-9-15)12-14-7-6-10-16(18)17(14)21-20/h3-10,12-13H,11H2,1-2H3/q+1. The average Bonchev–Trinajstić information content (AvgIpc) is 2.48. The van der Waals surface area contributed by atoms with E-state index in [1.165, 1.54) is 0 Å². The van der Waals surface area contributed by atoms with Crippen LogP contribution in [0.25, 0.3) is 0 Å². The minimum absolute atomic E-state index is 0.466. The second-order valence-corrected chi connectivity index (χ2v) is 5.89. The second kappa shape index (κ2) is 5.78. The van der Waals surface area contributed by atoms with Gasteiger partial charge in [-0.05, 0) is 27.9 Å². The number of fused-ring (bicyclic) bond motifs is 1. The molecule has 2 aromatic rings. The van der Waals surface area contributed by atoms with Crippen molar-refractivity contribution in [1.82, 2.24) is 5.17 Å². The molecular formula is C17H18ClN2O+. The summed E-state index contributed by atoms with van der Waals surface area (Å²) in [5.41, 5.74) is 2.04. The lowest BCUT2D eigenvalue weighted by molar-refractivity contribution is -0.691. The SMILES string of the molecule is CC(C)CN1Oc2c(Cl)cccc2C=[N+]1c1ccccc1. The van der Waals surface area contributed by atoms with Crippen molar-refractivity contribution in [2.75, 3.05) is 6.54 Å². The summed E-state index contributed by atoms with van der Waals surface area (Å²) in [4.78, 5) is 6.04. The molecule has 0 atom stereocenters. The van der Waals surface area contributed by atoms with Crippen molar-refractivity contribution in [3.05, 3.63) is 59.1 Å². The van der Waals surface area contributed by atoms with Gasteiger partial charge >= 0.3 is 0 Å². The van der Waals surface area contributed by atoms with Crippen molar-refractivity contribution < 1.29 is 9.52 Å². The molecule has 1 aliphatic rings. The summed E-state index contributed by atoms with van der Waals surface area (Å²) in [6.07, 6.45) is 2.06. The summed E-state index contributed by atoms with van der Waals surface area (Å²) >= 11 is 6.25. The third-order valence-corrected chi connectivity index (χ3v) is 3.54. The van der Waals surface area contributed by atoms with Crippen molar-refractivity contribution >= 4 is 23.5 Å². The van der Waals surface area contributed by atoms with Crippen LogP contribution in [-0.4, -0.2) is 22.6 Å². The maximum atomic E-state index is 6.25. The van der Waals surface area contributed by atoms with Gasteiger partial charge in [-0.25, -0.2) is 0 Å². The van der Waals surface area contributed by atoms with Crippen LogP contribution in [-0.2, 0) is 0 Å². The molecule has 0 fully saturated rings. The van der Waals surface area contributed by atoms with Crippen LogP contribution in [0, 0.1) is 5.92 Å². The van der Waals surface area contributed by atoms with E-state index in [9.17, 15) is 0 Å². The van der Waals surface area contributed by atoms with Crippen LogP contribution >= 0.6 is 11.6 Å². The molecule has 0 N–H and O–H groups in total. The lowest BCUT2D eigenvalue weighted by Crippen LogP contribution is -2.41. The molecule has 0 saturated carbocycles. The zero-order chi connectivity index (χ0) is 14.8. The van der Waals surface area contributed by atoms with E-state index < -0.39 is 0 Å². The molecule has 108 valence electrons. The van der Waals surface area contributed by atoms with Crippen LogP contribution in [0.2, 0.25) is 5.02 Å². The Morgan fingerprint density at radius 3 is 2.57 bits per heavy atom. The Balaban J connectivity index is 2.08. The van der Waals surface area contributed by atoms with E-state index in [0.717, 1.165) is 17.8 Å². The van der Waals surface area contributed by atoms with Gasteiger partial charge in [-0.2, -0.15) is 0 Å². The van der Waals surface area contributed by atoms with E-state index in [1.54, 1.807) is 0 Å². The molecule has 0 unspecified atom stereocenters. The molecule has 3 rings (SSSR count). The fraction of sp³-hybridized carbons (Fsp3) is 0.235. The van der Waals surface area contributed by atoms with Gasteiger partial charge in [0.25, 0.3) is 0 Å². The quantitative estimate of drug-likeness (QED) is 0.786. The van der Waals surface area contributed by atoms with Gasteiger partial charge in [-0.1, -0.05) is 49.7 Å². The molecule has 1 heterocycles. The van der Waals surface area contributed by atoms with Gasteiger partial charge < -0.3 is 4.84 Å². The number of hydrogen-bond donors (Lipinski definition) is 0. The largest absolute Gasteiger partial charge is 0.330 e. The fourth-order valence-corrected chi connectivity index (χ4v) is 2.51. The highest BCUT2D eigenvalue weighted by atomic mass is 35.5. The molecule has 0 aromatic heterocycles. The average molecular weight is 302 g/mol. The van der Waals surface area contributed by atoms with Crippen molar-refractivity contribution in [3.63, 3.8) is 0 Å². The molecule has 21 heavy (non-hydrogen) atoms. The van der Waals surface area contributed by atoms with Gasteiger partial charge in [-0.15, -0.1) is 0 Å². The number of halogens is 1. The van der Waals surface area contributed by atoms with Crippen molar-refractivity contribution in [1.29, 1.82) is 0 Å². The minimum atomic E-state index is 0.466. The van der Waals surface area contributed by atoms with Crippen molar-refractivity contribution in [2.24, 2.45) is 5.92 Å². The van der Waals surface area contributed by atoms with Crippen LogP contribution in [0.3, 0.4) is 0 Å². The molecule has 0 amide bonds. The normalized spacial score (nSPS) is 13.7. The smallest absolute Gasteiger partial charge is 0.238 e. The van der Waals surface area contributed by atoms with Crippen LogP contribution in [0.15, 0.2) is 48.5 Å². The Labute approximate surface area is 130 Å². The predicted octanol–water partition coefficient (Wildman–Crippen LogP) is 4.28. The Kier molecular flexibility index (Phi) is 3.84. The van der Waals surface area contributed by atoms with Gasteiger partial charge in [0.2, 0.25) is 11.9 Å². The summed E-state index contributed by atoms with van der Waals surface area (Å²) in [6.45, 7) is 5.10. The molecule has 0 radical (unpaired) electrons. The Morgan fingerprint density at radius 1 is 1.10 bits per heavy atom. The number of hydrogen-bond acceptors (Lipinski definition) is 2. The van der Waals surface area contributed by atoms with E-state index in [0.29, 0.717) is 16.7 Å². The lowest BCUT2D eigenvalue weighted by Gasteiger charge is -2.25. The maximum absolute atomic E-state index is 6.25. The maximum Gasteiger partial charge on any atom is 0.238 e. The highest BCUT2D eigenvalue weighted by Crippen LogP contribution is 2.32. The number of hydroxylamine groups is 1. The lowest BCUT2D eigenvalue weighted by atomic mass is 10.2. The number of hydrazine groups is 1. The van der Waals surface area contributed by atoms with Gasteiger partial charge in [0.1, 0.15) is 6.54 Å². The van der Waals surface area contributed by atoms with Gasteiger partial charge in [-0.3, -0.25) is 0 Å². The Bertz CT molecular complexity index is 668. The third kappa shape index (κ3) is 2.88. The molecule has 1 aliphatic heterocycles. The first-order valence-electron chi connectivity index (χ1n) is 7.08. The molecule has 4 heteroatoms. The highest BCUT2D eigenvalue weighted by molar-refractivity contribution is 6.32. The molecule has 3 nitrogen and oxygen atoms in total. The van der Waals surface area contributed by atoms with E-state index in [1.807, 2.05) is 46.3 Å². The highest BCUT2D eigenvalue weighted by Gasteiger charge is 2.30. The number of para-hydroxylation sites is 2. The Morgan fingerprint density at radius 2 is 1.86 bits per heavy atom. The third-order valence-electron chi connectivity index (χ3n) is 3.24. The van der Waals surface area contributed by atoms with Gasteiger partial charge in [0, 0.05) is 12.1 Å². The summed E-state index contributed by atoms with van der Waals surface area (Å²) < 4.78 is 2.03. The predicted molar refractivity (Wildman–Crippen MR) is 85.2 cm³/mol. The van der Waals surface area contributed by atoms with Crippen LogP contribution in [0.5, 0.6) is 5.75 Å². The van der Waals surface area contributed by atoms with Gasteiger partial charge in [0.05, 0.1) is 10.6 Å². The zero-order valence-electron chi connectivity index (χ0n) is 12.2. The monoisotopic (exact) mass is 301 g/mol. The van der Waals surface area contributed by atoms with Crippen molar-refractivity contribution in [2.45, 2.75) is 13.8 Å². The summed E-state index contributed by atoms with van der Waals surface area (Å²) in [7, 11) is 0. The first-order chi connectivity index (χ1) is 10.1. The van der Waals surface area contributed by atoms with E-state index in [-0.39, 0.29) is 0 Å². The van der Waals surface area contributed by atoms with E-state index in [2.05, 4.69) is 32.2 Å². The first kappa shape index (κ1) is 14.0. The van der Waals surface area contributed by atoms with Crippen LogP contribution < -0.4 is 4.84 Å². The fourth-order valence-electron chi connectivity index (χ4n) is 2.29. The van der Waals surface area contributed by atoms with Crippen LogP contribution in [0.1, 0.15) is 19.4 Å². The molecule has 2 aromatic carbocycles.